The number of carboxylic acids is 1. The predicted octanol–water partition coefficient (Wildman–Crippen LogP) is 2.06. The zero-order valence-corrected chi connectivity index (χ0v) is 8.94. The number of carbonyl (C=O) groups is 2. The molecule has 5 heteroatoms. The topological polar surface area (TPSA) is 83.8 Å². The van der Waals surface area contributed by atoms with Gasteiger partial charge >= 0.3 is 11.9 Å². The third-order valence-corrected chi connectivity index (χ3v) is 2.29. The fraction of sp³-hybridized carbons (Fsp3) is 0.800. The van der Waals surface area contributed by atoms with Crippen LogP contribution in [0.4, 0.5) is 0 Å². The molecule has 15 heavy (non-hydrogen) atoms. The molecular weight excluding hydrogens is 200 g/mol. The first kappa shape index (κ1) is 13.9. The van der Waals surface area contributed by atoms with Crippen molar-refractivity contribution in [2.45, 2.75) is 45.4 Å². The molecule has 0 aromatic heterocycles. The Balaban J connectivity index is 3.75. The lowest BCUT2D eigenvalue weighted by molar-refractivity contribution is -0.234. The van der Waals surface area contributed by atoms with Crippen molar-refractivity contribution in [1.82, 2.24) is 0 Å². The third kappa shape index (κ3) is 6.90. The van der Waals surface area contributed by atoms with Crippen LogP contribution in [-0.4, -0.2) is 22.3 Å². The molecule has 0 saturated carbocycles. The number of hydrogen-bond donors (Lipinski definition) is 2. The molecule has 0 heterocycles. The summed E-state index contributed by atoms with van der Waals surface area (Å²) in [6, 6.07) is 0. The van der Waals surface area contributed by atoms with E-state index in [1.807, 2.05) is 6.92 Å². The fourth-order valence-electron chi connectivity index (χ4n) is 1.38. The molecule has 0 saturated heterocycles. The summed E-state index contributed by atoms with van der Waals surface area (Å²) in [5.41, 5.74) is 0. The van der Waals surface area contributed by atoms with E-state index in [0.717, 1.165) is 12.8 Å². The Morgan fingerprint density at radius 3 is 2.33 bits per heavy atom. The Morgan fingerprint density at radius 2 is 1.87 bits per heavy atom. The Kier molecular flexibility index (Phi) is 7.62. The van der Waals surface area contributed by atoms with Crippen LogP contribution >= 0.6 is 0 Å². The number of carboxylic acid groups (broad SMARTS) is 1. The summed E-state index contributed by atoms with van der Waals surface area (Å²) in [6.45, 7) is 2.00. The summed E-state index contributed by atoms with van der Waals surface area (Å²) < 4.78 is 0. The van der Waals surface area contributed by atoms with Gasteiger partial charge in [0.2, 0.25) is 0 Å². The zero-order valence-electron chi connectivity index (χ0n) is 8.94. The molecule has 5 nitrogen and oxygen atoms in total. The largest absolute Gasteiger partial charge is 0.481 e. The van der Waals surface area contributed by atoms with Crippen molar-refractivity contribution in [3.05, 3.63) is 0 Å². The van der Waals surface area contributed by atoms with E-state index < -0.39 is 17.9 Å². The second-order valence-electron chi connectivity index (χ2n) is 3.53. The van der Waals surface area contributed by atoms with Gasteiger partial charge in [0, 0.05) is 6.42 Å². The summed E-state index contributed by atoms with van der Waals surface area (Å²) in [5, 5.41) is 16.8. The summed E-state index contributed by atoms with van der Waals surface area (Å²) in [7, 11) is 0. The summed E-state index contributed by atoms with van der Waals surface area (Å²) in [4.78, 5) is 24.8. The van der Waals surface area contributed by atoms with Gasteiger partial charge in [-0.05, 0) is 19.3 Å². The molecule has 0 spiro atoms. The van der Waals surface area contributed by atoms with E-state index in [0.29, 0.717) is 19.3 Å². The van der Waals surface area contributed by atoms with Gasteiger partial charge in [0.15, 0.2) is 0 Å². The number of aliphatic carboxylic acids is 1. The van der Waals surface area contributed by atoms with Crippen LogP contribution in [0.5, 0.6) is 0 Å². The monoisotopic (exact) mass is 218 g/mol. The van der Waals surface area contributed by atoms with Gasteiger partial charge in [-0.15, -0.1) is 0 Å². The van der Waals surface area contributed by atoms with E-state index in [2.05, 4.69) is 4.89 Å². The van der Waals surface area contributed by atoms with Crippen LogP contribution in [0.1, 0.15) is 45.4 Å². The highest BCUT2D eigenvalue weighted by Gasteiger charge is 2.16. The van der Waals surface area contributed by atoms with Crippen LogP contribution in [-0.2, 0) is 14.5 Å². The minimum absolute atomic E-state index is 0.0619. The second kappa shape index (κ2) is 8.23. The highest BCUT2D eigenvalue weighted by atomic mass is 17.1. The van der Waals surface area contributed by atoms with Crippen LogP contribution < -0.4 is 0 Å². The maximum absolute atomic E-state index is 10.8. The van der Waals surface area contributed by atoms with Crippen LogP contribution in [0.15, 0.2) is 0 Å². The summed E-state index contributed by atoms with van der Waals surface area (Å²) in [6.07, 6.45) is 3.42. The number of hydrogen-bond acceptors (Lipinski definition) is 4. The Labute approximate surface area is 89.0 Å². The van der Waals surface area contributed by atoms with E-state index in [4.69, 9.17) is 10.4 Å². The van der Waals surface area contributed by atoms with E-state index in [1.165, 1.54) is 0 Å². The van der Waals surface area contributed by atoms with E-state index in [1.54, 1.807) is 0 Å². The van der Waals surface area contributed by atoms with Crippen molar-refractivity contribution in [3.8, 4) is 0 Å². The minimum atomic E-state index is -0.819. The average Bonchev–Trinajstić information content (AvgIpc) is 2.22. The van der Waals surface area contributed by atoms with Crippen LogP contribution in [0.25, 0.3) is 0 Å². The van der Waals surface area contributed by atoms with Crippen molar-refractivity contribution in [2.24, 2.45) is 5.92 Å². The van der Waals surface area contributed by atoms with Crippen molar-refractivity contribution >= 4 is 11.9 Å². The lowest BCUT2D eigenvalue weighted by atomic mass is 9.96. The second-order valence-corrected chi connectivity index (χ2v) is 3.53. The molecule has 0 aliphatic rings. The van der Waals surface area contributed by atoms with Crippen molar-refractivity contribution in [3.63, 3.8) is 0 Å². The Morgan fingerprint density at radius 1 is 1.27 bits per heavy atom. The highest BCUT2D eigenvalue weighted by molar-refractivity contribution is 5.70. The molecule has 0 bridgehead atoms. The van der Waals surface area contributed by atoms with Crippen LogP contribution in [0.3, 0.4) is 0 Å². The normalized spacial score (nSPS) is 12.1. The first-order valence-electron chi connectivity index (χ1n) is 5.18. The fourth-order valence-corrected chi connectivity index (χ4v) is 1.38. The highest BCUT2D eigenvalue weighted by Crippen LogP contribution is 2.16. The number of rotatable bonds is 8. The van der Waals surface area contributed by atoms with Gasteiger partial charge < -0.3 is 9.99 Å². The van der Waals surface area contributed by atoms with Gasteiger partial charge in [-0.2, -0.15) is 5.26 Å². The van der Waals surface area contributed by atoms with Gasteiger partial charge in [0.1, 0.15) is 0 Å². The molecule has 0 fully saturated rings. The zero-order chi connectivity index (χ0) is 11.7. The van der Waals surface area contributed by atoms with E-state index >= 15 is 0 Å². The Bertz CT molecular complexity index is 202. The minimum Gasteiger partial charge on any atom is -0.481 e. The van der Waals surface area contributed by atoms with Crippen LogP contribution in [0.2, 0.25) is 0 Å². The summed E-state index contributed by atoms with van der Waals surface area (Å²) in [5.74, 6) is -1.92. The molecule has 0 aromatic carbocycles. The van der Waals surface area contributed by atoms with Gasteiger partial charge in [-0.1, -0.05) is 19.8 Å². The quantitative estimate of drug-likeness (QED) is 0.481. The lowest BCUT2D eigenvalue weighted by Crippen LogP contribution is -2.14. The summed E-state index contributed by atoms with van der Waals surface area (Å²) >= 11 is 0. The standard InChI is InChI=1S/C10H18O5/c1-2-3-5-8(10(12)13)6-4-7-9(11)15-14/h8,14H,2-7H2,1H3,(H,12,13). The third-order valence-electron chi connectivity index (χ3n) is 2.29. The first-order chi connectivity index (χ1) is 7.11. The van der Waals surface area contributed by atoms with Crippen molar-refractivity contribution in [1.29, 1.82) is 0 Å². The van der Waals surface area contributed by atoms with Crippen molar-refractivity contribution in [2.75, 3.05) is 0 Å². The molecule has 0 aliphatic carbocycles. The molecule has 2 N–H and O–H groups in total. The molecule has 1 unspecified atom stereocenters. The lowest BCUT2D eigenvalue weighted by Gasteiger charge is -2.10. The maximum atomic E-state index is 10.8. The molecule has 0 amide bonds. The van der Waals surface area contributed by atoms with Gasteiger partial charge in [0.25, 0.3) is 0 Å². The van der Waals surface area contributed by atoms with Crippen LogP contribution in [0, 0.1) is 5.92 Å². The predicted molar refractivity (Wildman–Crippen MR) is 53.2 cm³/mol. The van der Waals surface area contributed by atoms with Gasteiger partial charge in [-0.25, -0.2) is 4.79 Å². The molecule has 1 atom stereocenters. The maximum Gasteiger partial charge on any atom is 0.342 e. The van der Waals surface area contributed by atoms with Gasteiger partial charge in [-0.3, -0.25) is 4.79 Å². The van der Waals surface area contributed by atoms with Gasteiger partial charge in [0.05, 0.1) is 5.92 Å². The molecule has 0 aliphatic heterocycles. The number of unbranched alkanes of at least 4 members (excludes halogenated alkanes) is 1. The number of carbonyl (C=O) groups excluding carboxylic acids is 1. The SMILES string of the molecule is CCCCC(CCCC(=O)OO)C(=O)O. The molecule has 88 valence electrons. The molecule has 0 aromatic rings. The average molecular weight is 218 g/mol. The smallest absolute Gasteiger partial charge is 0.342 e. The van der Waals surface area contributed by atoms with Crippen molar-refractivity contribution < 1.29 is 24.8 Å². The molecular formula is C10H18O5. The first-order valence-corrected chi connectivity index (χ1v) is 5.18. The van der Waals surface area contributed by atoms with E-state index in [9.17, 15) is 9.59 Å². The van der Waals surface area contributed by atoms with E-state index in [-0.39, 0.29) is 6.42 Å². The Hall–Kier alpha value is -1.10. The molecule has 0 radical (unpaired) electrons. The molecule has 0 rings (SSSR count).